The molecule has 0 saturated carbocycles. The maximum atomic E-state index is 9.80. The number of ether oxygens (including phenoxy) is 6. The van der Waals surface area contributed by atoms with E-state index in [1.807, 2.05) is 0 Å². The van der Waals surface area contributed by atoms with Crippen molar-refractivity contribution in [2.24, 2.45) is 0 Å². The van der Waals surface area contributed by atoms with E-state index in [2.05, 4.69) is 6.92 Å². The molecular weight excluding hydrogens is 428 g/mol. The molecule has 0 spiro atoms. The first kappa shape index (κ1) is 32.7. The summed E-state index contributed by atoms with van der Waals surface area (Å²) >= 11 is 0. The third kappa shape index (κ3) is 29.6. The van der Waals surface area contributed by atoms with E-state index >= 15 is 0 Å². The van der Waals surface area contributed by atoms with Crippen LogP contribution in [0.3, 0.4) is 0 Å². The molecule has 8 heteroatoms. The van der Waals surface area contributed by atoms with Gasteiger partial charge in [0.15, 0.2) is 6.29 Å². The summed E-state index contributed by atoms with van der Waals surface area (Å²) in [6.07, 6.45) is 12.8. The molecular formula is C25H52O8. The Hall–Kier alpha value is -0.320. The molecule has 2 N–H and O–H groups in total. The van der Waals surface area contributed by atoms with E-state index in [1.165, 1.54) is 57.8 Å². The van der Waals surface area contributed by atoms with Crippen molar-refractivity contribution < 1.29 is 38.6 Å². The molecule has 0 amide bonds. The fourth-order valence-corrected chi connectivity index (χ4v) is 3.13. The van der Waals surface area contributed by atoms with Gasteiger partial charge in [0.25, 0.3) is 0 Å². The topological polar surface area (TPSA) is 95.8 Å². The van der Waals surface area contributed by atoms with E-state index in [0.29, 0.717) is 72.5 Å². The summed E-state index contributed by atoms with van der Waals surface area (Å²) < 4.78 is 32.1. The largest absolute Gasteiger partial charge is 0.394 e. The van der Waals surface area contributed by atoms with Crippen molar-refractivity contribution in [1.29, 1.82) is 0 Å². The minimum absolute atomic E-state index is 0.0288. The van der Waals surface area contributed by atoms with Gasteiger partial charge in [-0.2, -0.15) is 0 Å². The Kier molecular flexibility index (Phi) is 29.4. The maximum Gasteiger partial charge on any atom is 0.156 e. The normalized spacial score (nSPS) is 12.5. The predicted octanol–water partition coefficient (Wildman–Crippen LogP) is 3.71. The van der Waals surface area contributed by atoms with E-state index in [0.717, 1.165) is 13.0 Å². The molecule has 1 unspecified atom stereocenters. The predicted molar refractivity (Wildman–Crippen MR) is 130 cm³/mol. The average molecular weight is 481 g/mol. The minimum atomic E-state index is -0.809. The van der Waals surface area contributed by atoms with Crippen LogP contribution in [0.15, 0.2) is 0 Å². The highest BCUT2D eigenvalue weighted by atomic mass is 16.6. The molecule has 0 radical (unpaired) electrons. The van der Waals surface area contributed by atoms with Gasteiger partial charge in [-0.3, -0.25) is 0 Å². The summed E-state index contributed by atoms with van der Waals surface area (Å²) in [5.41, 5.74) is 0. The molecule has 0 rings (SSSR count). The van der Waals surface area contributed by atoms with Gasteiger partial charge in [-0.25, -0.2) is 0 Å². The Bertz CT molecular complexity index is 346. The Labute approximate surface area is 202 Å². The Morgan fingerprint density at radius 2 is 0.909 bits per heavy atom. The minimum Gasteiger partial charge on any atom is -0.394 e. The summed E-state index contributed by atoms with van der Waals surface area (Å²) in [5.74, 6) is 0. The van der Waals surface area contributed by atoms with Gasteiger partial charge in [0.2, 0.25) is 0 Å². The number of aliphatic hydroxyl groups excluding tert-OH is 2. The lowest BCUT2D eigenvalue weighted by molar-refractivity contribution is -0.125. The molecule has 33 heavy (non-hydrogen) atoms. The molecule has 0 bridgehead atoms. The fourth-order valence-electron chi connectivity index (χ4n) is 3.13. The second-order valence-electron chi connectivity index (χ2n) is 8.08. The van der Waals surface area contributed by atoms with Crippen LogP contribution in [0.25, 0.3) is 0 Å². The smallest absolute Gasteiger partial charge is 0.156 e. The molecule has 0 aliphatic heterocycles. The first-order chi connectivity index (χ1) is 16.3. The van der Waals surface area contributed by atoms with Gasteiger partial charge in [-0.1, -0.05) is 64.7 Å². The number of aliphatic hydroxyl groups is 2. The highest BCUT2D eigenvalue weighted by Crippen LogP contribution is 2.10. The van der Waals surface area contributed by atoms with Gasteiger partial charge < -0.3 is 38.6 Å². The first-order valence-electron chi connectivity index (χ1n) is 13.1. The first-order valence-corrected chi connectivity index (χ1v) is 13.1. The average Bonchev–Trinajstić information content (AvgIpc) is 2.82. The van der Waals surface area contributed by atoms with Crippen molar-refractivity contribution in [3.05, 3.63) is 0 Å². The second-order valence-corrected chi connectivity index (χ2v) is 8.08. The molecule has 0 aliphatic carbocycles. The van der Waals surface area contributed by atoms with Crippen molar-refractivity contribution in [2.45, 2.75) is 83.8 Å². The number of hydrogen-bond acceptors (Lipinski definition) is 8. The van der Waals surface area contributed by atoms with Gasteiger partial charge in [-0.05, 0) is 6.42 Å². The molecule has 0 heterocycles. The van der Waals surface area contributed by atoms with Crippen LogP contribution in [0, 0.1) is 0 Å². The molecule has 200 valence electrons. The number of hydrogen-bond donors (Lipinski definition) is 2. The van der Waals surface area contributed by atoms with E-state index in [-0.39, 0.29) is 6.61 Å². The SMILES string of the molecule is CCCCCCCCCCCCOCCC(O)OCCOCCOCCOCCOCCO. The monoisotopic (exact) mass is 480 g/mol. The van der Waals surface area contributed by atoms with Crippen LogP contribution in [0.2, 0.25) is 0 Å². The van der Waals surface area contributed by atoms with E-state index in [4.69, 9.17) is 33.5 Å². The molecule has 0 aliphatic rings. The van der Waals surface area contributed by atoms with Crippen LogP contribution in [0.5, 0.6) is 0 Å². The van der Waals surface area contributed by atoms with Gasteiger partial charge in [0.05, 0.1) is 72.7 Å². The van der Waals surface area contributed by atoms with E-state index in [9.17, 15) is 5.11 Å². The van der Waals surface area contributed by atoms with Crippen molar-refractivity contribution in [3.63, 3.8) is 0 Å². The molecule has 0 fully saturated rings. The fraction of sp³-hybridized carbons (Fsp3) is 1.00. The van der Waals surface area contributed by atoms with Crippen LogP contribution in [0.4, 0.5) is 0 Å². The maximum absolute atomic E-state index is 9.80. The zero-order chi connectivity index (χ0) is 24.1. The highest BCUT2D eigenvalue weighted by Gasteiger charge is 2.04. The zero-order valence-corrected chi connectivity index (χ0v) is 21.2. The molecule has 0 aromatic heterocycles. The lowest BCUT2D eigenvalue weighted by Gasteiger charge is -2.12. The summed E-state index contributed by atoms with van der Waals surface area (Å²) in [5, 5.41) is 18.4. The number of unbranched alkanes of at least 4 members (excludes halogenated alkanes) is 9. The Morgan fingerprint density at radius 3 is 1.42 bits per heavy atom. The van der Waals surface area contributed by atoms with Crippen molar-refractivity contribution in [3.8, 4) is 0 Å². The van der Waals surface area contributed by atoms with Crippen LogP contribution in [0.1, 0.15) is 77.6 Å². The second kappa shape index (κ2) is 29.7. The Morgan fingerprint density at radius 1 is 0.485 bits per heavy atom. The summed E-state index contributed by atoms with van der Waals surface area (Å²) in [6, 6.07) is 0. The van der Waals surface area contributed by atoms with Crippen LogP contribution < -0.4 is 0 Å². The lowest BCUT2D eigenvalue weighted by atomic mass is 10.1. The molecule has 1 atom stereocenters. The van der Waals surface area contributed by atoms with Crippen molar-refractivity contribution in [1.82, 2.24) is 0 Å². The molecule has 0 aromatic carbocycles. The molecule has 0 aromatic rings. The van der Waals surface area contributed by atoms with Crippen molar-refractivity contribution >= 4 is 0 Å². The quantitative estimate of drug-likeness (QED) is 0.124. The standard InChI is InChI=1S/C25H52O8/c1-2-3-4-5-6-7-8-9-10-11-14-28-15-12-25(27)33-24-23-32-22-21-31-20-19-30-18-17-29-16-13-26/h25-27H,2-24H2,1H3. The zero-order valence-electron chi connectivity index (χ0n) is 21.2. The molecule has 8 nitrogen and oxygen atoms in total. The van der Waals surface area contributed by atoms with E-state index < -0.39 is 6.29 Å². The van der Waals surface area contributed by atoms with E-state index in [1.54, 1.807) is 0 Å². The van der Waals surface area contributed by atoms with Crippen LogP contribution >= 0.6 is 0 Å². The number of rotatable bonds is 29. The Balaban J connectivity index is 3.13. The van der Waals surface area contributed by atoms with Gasteiger partial charge in [0.1, 0.15) is 0 Å². The lowest BCUT2D eigenvalue weighted by Crippen LogP contribution is -2.19. The summed E-state index contributed by atoms with van der Waals surface area (Å²) in [6.45, 7) is 7.58. The van der Waals surface area contributed by atoms with Crippen molar-refractivity contribution in [2.75, 3.05) is 79.3 Å². The van der Waals surface area contributed by atoms with Gasteiger partial charge in [-0.15, -0.1) is 0 Å². The van der Waals surface area contributed by atoms with Gasteiger partial charge in [0, 0.05) is 13.0 Å². The summed E-state index contributed by atoms with van der Waals surface area (Å²) in [7, 11) is 0. The molecule has 0 saturated heterocycles. The third-order valence-corrected chi connectivity index (χ3v) is 5.04. The summed E-state index contributed by atoms with van der Waals surface area (Å²) in [4.78, 5) is 0. The van der Waals surface area contributed by atoms with Crippen LogP contribution in [-0.4, -0.2) is 95.8 Å². The van der Waals surface area contributed by atoms with Crippen LogP contribution in [-0.2, 0) is 28.4 Å². The third-order valence-electron chi connectivity index (χ3n) is 5.04. The highest BCUT2D eigenvalue weighted by molar-refractivity contribution is 4.48. The van der Waals surface area contributed by atoms with Gasteiger partial charge >= 0.3 is 0 Å².